The van der Waals surface area contributed by atoms with Gasteiger partial charge in [0.25, 0.3) is 5.56 Å². The molecule has 0 saturated carbocycles. The third kappa shape index (κ3) is 1.93. The molecule has 4 nitrogen and oxygen atoms in total. The van der Waals surface area contributed by atoms with E-state index in [9.17, 15) is 4.79 Å². The monoisotopic (exact) mass is 287 g/mol. The summed E-state index contributed by atoms with van der Waals surface area (Å²) in [5, 5.41) is 4.53. The van der Waals surface area contributed by atoms with Gasteiger partial charge in [-0.15, -0.1) is 5.10 Å². The Balaban J connectivity index is 1.98. The zero-order valence-electron chi connectivity index (χ0n) is 11.8. The topological polar surface area (TPSA) is 39.8 Å². The minimum Gasteiger partial charge on any atom is -0.300 e. The SMILES string of the molecule is O=c1c2cccn(-c3ccccc3)c-2nn1-c1ccccc1. The third-order valence-corrected chi connectivity index (χ3v) is 3.62. The van der Waals surface area contributed by atoms with E-state index in [1.807, 2.05) is 83.6 Å². The number of benzene rings is 2. The van der Waals surface area contributed by atoms with Crippen LogP contribution in [0.25, 0.3) is 22.8 Å². The molecular weight excluding hydrogens is 274 g/mol. The van der Waals surface area contributed by atoms with Crippen molar-refractivity contribution in [2.45, 2.75) is 0 Å². The Labute approximate surface area is 127 Å². The molecule has 0 fully saturated rings. The fraction of sp³-hybridized carbons (Fsp3) is 0. The van der Waals surface area contributed by atoms with E-state index in [1.54, 1.807) is 0 Å². The molecule has 2 heterocycles. The van der Waals surface area contributed by atoms with E-state index in [0.29, 0.717) is 11.4 Å². The smallest absolute Gasteiger partial charge is 0.282 e. The first-order valence-electron chi connectivity index (χ1n) is 7.06. The van der Waals surface area contributed by atoms with E-state index in [2.05, 4.69) is 5.10 Å². The quantitative estimate of drug-likeness (QED) is 0.568. The molecule has 2 aliphatic heterocycles. The molecule has 4 rings (SSSR count). The maximum atomic E-state index is 12.6. The van der Waals surface area contributed by atoms with E-state index in [1.165, 1.54) is 4.68 Å². The van der Waals surface area contributed by atoms with Gasteiger partial charge in [0.2, 0.25) is 0 Å². The lowest BCUT2D eigenvalue weighted by atomic mass is 10.2. The highest BCUT2D eigenvalue weighted by atomic mass is 16.1. The number of para-hydroxylation sites is 2. The highest BCUT2D eigenvalue weighted by molar-refractivity contribution is 5.60. The number of pyridine rings is 1. The molecule has 2 aromatic rings. The maximum Gasteiger partial charge on any atom is 0.282 e. The van der Waals surface area contributed by atoms with Crippen LogP contribution >= 0.6 is 0 Å². The Kier molecular flexibility index (Phi) is 2.86. The summed E-state index contributed by atoms with van der Waals surface area (Å²) >= 11 is 0. The Morgan fingerprint density at radius 1 is 0.727 bits per heavy atom. The van der Waals surface area contributed by atoms with Crippen molar-refractivity contribution in [2.75, 3.05) is 0 Å². The van der Waals surface area contributed by atoms with Crippen LogP contribution in [0.5, 0.6) is 0 Å². The third-order valence-electron chi connectivity index (χ3n) is 3.62. The van der Waals surface area contributed by atoms with Crippen LogP contribution in [0.15, 0.2) is 83.8 Å². The van der Waals surface area contributed by atoms with Gasteiger partial charge >= 0.3 is 0 Å². The zero-order valence-corrected chi connectivity index (χ0v) is 11.8. The summed E-state index contributed by atoms with van der Waals surface area (Å²) in [5.74, 6) is 0.655. The molecular formula is C18H13N3O. The van der Waals surface area contributed by atoms with Crippen LogP contribution in [0.2, 0.25) is 0 Å². The summed E-state index contributed by atoms with van der Waals surface area (Å²) in [5.41, 5.74) is 2.25. The second kappa shape index (κ2) is 5.00. The molecule has 22 heavy (non-hydrogen) atoms. The summed E-state index contributed by atoms with van der Waals surface area (Å²) in [7, 11) is 0. The number of hydrogen-bond donors (Lipinski definition) is 0. The fourth-order valence-corrected chi connectivity index (χ4v) is 2.56. The van der Waals surface area contributed by atoms with Gasteiger partial charge in [0, 0.05) is 11.9 Å². The van der Waals surface area contributed by atoms with Crippen molar-refractivity contribution in [2.24, 2.45) is 0 Å². The predicted octanol–water partition coefficient (Wildman–Crippen LogP) is 3.13. The van der Waals surface area contributed by atoms with Crippen molar-refractivity contribution in [3.8, 4) is 22.8 Å². The van der Waals surface area contributed by atoms with E-state index < -0.39 is 0 Å². The Hall–Kier alpha value is -3.14. The minimum absolute atomic E-state index is 0.105. The summed E-state index contributed by atoms with van der Waals surface area (Å²) in [4.78, 5) is 12.6. The number of aromatic nitrogens is 3. The Bertz CT molecular complexity index is 939. The van der Waals surface area contributed by atoms with Crippen molar-refractivity contribution < 1.29 is 0 Å². The molecule has 0 saturated heterocycles. The van der Waals surface area contributed by atoms with Crippen LogP contribution in [0, 0.1) is 0 Å². The van der Waals surface area contributed by atoms with Crippen molar-refractivity contribution in [1.29, 1.82) is 0 Å². The highest BCUT2D eigenvalue weighted by Crippen LogP contribution is 2.21. The van der Waals surface area contributed by atoms with Gasteiger partial charge in [-0.05, 0) is 36.4 Å². The van der Waals surface area contributed by atoms with Crippen molar-refractivity contribution in [3.05, 3.63) is 89.3 Å². The van der Waals surface area contributed by atoms with E-state index in [0.717, 1.165) is 11.4 Å². The first kappa shape index (κ1) is 12.6. The van der Waals surface area contributed by atoms with Crippen molar-refractivity contribution in [1.82, 2.24) is 14.3 Å². The van der Waals surface area contributed by atoms with Gasteiger partial charge in [-0.3, -0.25) is 9.36 Å². The first-order valence-corrected chi connectivity index (χ1v) is 7.06. The molecule has 0 radical (unpaired) electrons. The van der Waals surface area contributed by atoms with Gasteiger partial charge in [0.15, 0.2) is 5.82 Å². The van der Waals surface area contributed by atoms with E-state index in [4.69, 9.17) is 0 Å². The summed E-state index contributed by atoms with van der Waals surface area (Å²) in [6.07, 6.45) is 1.92. The molecule has 0 atom stereocenters. The lowest BCUT2D eigenvalue weighted by molar-refractivity contribution is 0.836. The standard InChI is InChI=1S/C18H13N3O/c22-18-16-12-7-13-20(14-8-3-1-4-9-14)17(16)19-21(18)15-10-5-2-6-11-15/h1-13H. The van der Waals surface area contributed by atoms with Gasteiger partial charge < -0.3 is 0 Å². The lowest BCUT2D eigenvalue weighted by Crippen LogP contribution is -2.14. The average Bonchev–Trinajstić information content (AvgIpc) is 2.94. The van der Waals surface area contributed by atoms with E-state index in [-0.39, 0.29) is 5.56 Å². The molecule has 4 heteroatoms. The van der Waals surface area contributed by atoms with Crippen LogP contribution in [-0.2, 0) is 0 Å². The largest absolute Gasteiger partial charge is 0.300 e. The molecule has 2 aromatic carbocycles. The van der Waals surface area contributed by atoms with Gasteiger partial charge in [0.05, 0.1) is 11.3 Å². The summed E-state index contributed by atoms with van der Waals surface area (Å²) in [6.45, 7) is 0. The Morgan fingerprint density at radius 3 is 2.05 bits per heavy atom. The van der Waals surface area contributed by atoms with Crippen molar-refractivity contribution >= 4 is 0 Å². The van der Waals surface area contributed by atoms with Gasteiger partial charge in [0.1, 0.15) is 0 Å². The molecule has 2 aliphatic rings. The zero-order chi connectivity index (χ0) is 14.9. The van der Waals surface area contributed by atoms with E-state index >= 15 is 0 Å². The molecule has 106 valence electrons. The normalized spacial score (nSPS) is 10.9. The van der Waals surface area contributed by atoms with Crippen molar-refractivity contribution in [3.63, 3.8) is 0 Å². The molecule has 0 aliphatic carbocycles. The number of hydrogen-bond acceptors (Lipinski definition) is 2. The van der Waals surface area contributed by atoms with Crippen LogP contribution in [0.1, 0.15) is 0 Å². The van der Waals surface area contributed by atoms with Crippen LogP contribution in [0.3, 0.4) is 0 Å². The predicted molar refractivity (Wildman–Crippen MR) is 85.8 cm³/mol. The Morgan fingerprint density at radius 2 is 1.36 bits per heavy atom. The second-order valence-corrected chi connectivity index (χ2v) is 5.00. The first-order chi connectivity index (χ1) is 10.8. The number of fused-ring (bicyclic) bond motifs is 1. The number of rotatable bonds is 2. The highest BCUT2D eigenvalue weighted by Gasteiger charge is 2.18. The van der Waals surface area contributed by atoms with Crippen LogP contribution in [0.4, 0.5) is 0 Å². The fourth-order valence-electron chi connectivity index (χ4n) is 2.56. The summed E-state index contributed by atoms with van der Waals surface area (Å²) in [6, 6.07) is 23.0. The maximum absolute atomic E-state index is 12.6. The molecule has 0 aromatic heterocycles. The molecule has 0 N–H and O–H groups in total. The summed E-state index contributed by atoms with van der Waals surface area (Å²) < 4.78 is 3.38. The van der Waals surface area contributed by atoms with Crippen LogP contribution in [-0.4, -0.2) is 14.3 Å². The molecule has 0 spiro atoms. The average molecular weight is 287 g/mol. The number of nitrogens with zero attached hydrogens (tertiary/aromatic N) is 3. The van der Waals surface area contributed by atoms with Gasteiger partial charge in [-0.2, -0.15) is 4.68 Å². The van der Waals surface area contributed by atoms with Gasteiger partial charge in [-0.25, -0.2) is 0 Å². The second-order valence-electron chi connectivity index (χ2n) is 5.00. The lowest BCUT2D eigenvalue weighted by Gasteiger charge is -2.09. The van der Waals surface area contributed by atoms with Gasteiger partial charge in [-0.1, -0.05) is 36.4 Å². The molecule has 0 amide bonds. The molecule has 0 bridgehead atoms. The molecule has 0 unspecified atom stereocenters. The van der Waals surface area contributed by atoms with Crippen LogP contribution < -0.4 is 5.56 Å². The minimum atomic E-state index is -0.105.